The molecule has 0 aliphatic rings. The van der Waals surface area contributed by atoms with Crippen molar-refractivity contribution < 1.29 is 9.59 Å². The molecule has 0 saturated carbocycles. The first kappa shape index (κ1) is 24.2. The highest BCUT2D eigenvalue weighted by Gasteiger charge is 2.23. The summed E-state index contributed by atoms with van der Waals surface area (Å²) in [6, 6.07) is 7.02. The van der Waals surface area contributed by atoms with E-state index in [9.17, 15) is 9.59 Å². The number of amides is 2. The van der Waals surface area contributed by atoms with Gasteiger partial charge in [0.25, 0.3) is 0 Å². The molecule has 164 valence electrons. The highest BCUT2D eigenvalue weighted by atomic mass is 35.5. The number of carbonyl (C=O) groups excluding carboxylic acids is 2. The molecule has 2 amide bonds. The Labute approximate surface area is 188 Å². The standard InChI is InChI=1S/C22H30Cl2N4O2/c1-7-10-27(21(30)14(2)3)13-20(29)25-19-12-18(22(4,5)6)26-28(19)15-8-9-16(23)17(24)11-15/h8-9,11-12,14H,7,10,13H2,1-6H3,(H,25,29). The summed E-state index contributed by atoms with van der Waals surface area (Å²) in [4.78, 5) is 26.8. The summed E-state index contributed by atoms with van der Waals surface area (Å²) in [7, 11) is 0. The van der Waals surface area contributed by atoms with Crippen molar-refractivity contribution in [2.75, 3.05) is 18.4 Å². The second-order valence-electron chi connectivity index (χ2n) is 8.64. The van der Waals surface area contributed by atoms with Gasteiger partial charge in [0.2, 0.25) is 11.8 Å². The zero-order valence-electron chi connectivity index (χ0n) is 18.4. The number of anilines is 1. The van der Waals surface area contributed by atoms with Gasteiger partial charge in [-0.05, 0) is 24.6 Å². The van der Waals surface area contributed by atoms with E-state index in [0.29, 0.717) is 28.1 Å². The molecule has 1 aromatic carbocycles. The predicted molar refractivity (Wildman–Crippen MR) is 123 cm³/mol. The fourth-order valence-corrected chi connectivity index (χ4v) is 3.20. The van der Waals surface area contributed by atoms with E-state index in [1.165, 1.54) is 0 Å². The minimum absolute atomic E-state index is 0.0116. The Balaban J connectivity index is 2.35. The van der Waals surface area contributed by atoms with Crippen molar-refractivity contribution >= 4 is 40.8 Å². The molecular weight excluding hydrogens is 423 g/mol. The zero-order valence-corrected chi connectivity index (χ0v) is 19.9. The number of hydrogen-bond donors (Lipinski definition) is 1. The predicted octanol–water partition coefficient (Wildman–Crippen LogP) is 5.31. The Bertz CT molecular complexity index is 916. The summed E-state index contributed by atoms with van der Waals surface area (Å²) >= 11 is 12.2. The highest BCUT2D eigenvalue weighted by Crippen LogP contribution is 2.29. The summed E-state index contributed by atoms with van der Waals surface area (Å²) in [5.41, 5.74) is 1.27. The van der Waals surface area contributed by atoms with Crippen LogP contribution in [0.5, 0.6) is 0 Å². The zero-order chi connectivity index (χ0) is 22.6. The third kappa shape index (κ3) is 5.99. The molecule has 0 aliphatic carbocycles. The van der Waals surface area contributed by atoms with Crippen LogP contribution in [0.4, 0.5) is 5.82 Å². The maximum absolute atomic E-state index is 12.8. The fourth-order valence-electron chi connectivity index (χ4n) is 2.91. The molecule has 0 radical (unpaired) electrons. The molecular formula is C22H30Cl2N4O2. The smallest absolute Gasteiger partial charge is 0.245 e. The van der Waals surface area contributed by atoms with Gasteiger partial charge in [0.1, 0.15) is 5.82 Å². The van der Waals surface area contributed by atoms with Crippen LogP contribution in [0, 0.1) is 5.92 Å². The molecule has 8 heteroatoms. The summed E-state index contributed by atoms with van der Waals surface area (Å²) in [6.07, 6.45) is 0.779. The van der Waals surface area contributed by atoms with Crippen molar-refractivity contribution in [2.24, 2.45) is 5.92 Å². The molecule has 0 saturated heterocycles. The number of carbonyl (C=O) groups is 2. The lowest BCUT2D eigenvalue weighted by Gasteiger charge is -2.23. The molecule has 30 heavy (non-hydrogen) atoms. The average Bonchev–Trinajstić information content (AvgIpc) is 3.07. The number of rotatable bonds is 7. The van der Waals surface area contributed by atoms with Crippen molar-refractivity contribution in [3.63, 3.8) is 0 Å². The fraction of sp³-hybridized carbons (Fsp3) is 0.500. The second-order valence-corrected chi connectivity index (χ2v) is 9.45. The van der Waals surface area contributed by atoms with Crippen LogP contribution < -0.4 is 5.32 Å². The van der Waals surface area contributed by atoms with Crippen molar-refractivity contribution in [1.82, 2.24) is 14.7 Å². The number of hydrogen-bond acceptors (Lipinski definition) is 3. The van der Waals surface area contributed by atoms with E-state index in [1.54, 1.807) is 27.8 Å². The number of benzene rings is 1. The third-order valence-corrected chi connectivity index (χ3v) is 5.27. The van der Waals surface area contributed by atoms with E-state index in [4.69, 9.17) is 23.2 Å². The molecule has 1 aromatic heterocycles. The van der Waals surface area contributed by atoms with Gasteiger partial charge in [0.05, 0.1) is 28.0 Å². The van der Waals surface area contributed by atoms with Gasteiger partial charge in [-0.1, -0.05) is 64.7 Å². The molecule has 2 aromatic rings. The Hall–Kier alpha value is -2.05. The van der Waals surface area contributed by atoms with Crippen molar-refractivity contribution in [3.8, 4) is 5.69 Å². The molecule has 2 rings (SSSR count). The molecule has 0 unspecified atom stereocenters. The second kappa shape index (κ2) is 9.84. The normalized spacial score (nSPS) is 11.6. The molecule has 0 fully saturated rings. The topological polar surface area (TPSA) is 67.2 Å². The van der Waals surface area contributed by atoms with Crippen LogP contribution >= 0.6 is 23.2 Å². The lowest BCUT2D eigenvalue weighted by molar-refractivity contribution is -0.137. The Morgan fingerprint density at radius 3 is 2.37 bits per heavy atom. The number of nitrogens with zero attached hydrogens (tertiary/aromatic N) is 3. The van der Waals surface area contributed by atoms with Crippen molar-refractivity contribution in [3.05, 3.63) is 40.0 Å². The third-order valence-electron chi connectivity index (χ3n) is 4.53. The van der Waals surface area contributed by atoms with E-state index in [1.807, 2.05) is 47.6 Å². The van der Waals surface area contributed by atoms with Gasteiger partial charge in [-0.3, -0.25) is 9.59 Å². The van der Waals surface area contributed by atoms with E-state index >= 15 is 0 Å². The first-order valence-corrected chi connectivity index (χ1v) is 10.8. The molecule has 1 N–H and O–H groups in total. The summed E-state index contributed by atoms with van der Waals surface area (Å²) < 4.78 is 1.63. The minimum Gasteiger partial charge on any atom is -0.333 e. The molecule has 1 heterocycles. The van der Waals surface area contributed by atoms with Crippen LogP contribution in [0.3, 0.4) is 0 Å². The van der Waals surface area contributed by atoms with Gasteiger partial charge in [-0.2, -0.15) is 5.10 Å². The van der Waals surface area contributed by atoms with Crippen LogP contribution in [0.15, 0.2) is 24.3 Å². The van der Waals surface area contributed by atoms with Crippen LogP contribution in [0.1, 0.15) is 53.7 Å². The first-order chi connectivity index (χ1) is 13.9. The van der Waals surface area contributed by atoms with Crippen LogP contribution in [-0.4, -0.2) is 39.6 Å². The minimum atomic E-state index is -0.279. The van der Waals surface area contributed by atoms with Gasteiger partial charge in [-0.25, -0.2) is 4.68 Å². The van der Waals surface area contributed by atoms with Crippen LogP contribution in [-0.2, 0) is 15.0 Å². The summed E-state index contributed by atoms with van der Waals surface area (Å²) in [5.74, 6) is 0.0230. The largest absolute Gasteiger partial charge is 0.333 e. The Morgan fingerprint density at radius 2 is 1.83 bits per heavy atom. The van der Waals surface area contributed by atoms with Crippen molar-refractivity contribution in [2.45, 2.75) is 53.4 Å². The Kier molecular flexibility index (Phi) is 7.94. The van der Waals surface area contributed by atoms with Gasteiger partial charge < -0.3 is 10.2 Å². The lowest BCUT2D eigenvalue weighted by atomic mass is 9.92. The van der Waals surface area contributed by atoms with Gasteiger partial charge in [0, 0.05) is 23.9 Å². The Morgan fingerprint density at radius 1 is 1.17 bits per heavy atom. The van der Waals surface area contributed by atoms with E-state index in [2.05, 4.69) is 10.4 Å². The van der Waals surface area contributed by atoms with Gasteiger partial charge in [-0.15, -0.1) is 0 Å². The van der Waals surface area contributed by atoms with Crippen LogP contribution in [0.25, 0.3) is 5.69 Å². The number of halogens is 2. The quantitative estimate of drug-likeness (QED) is 0.618. The number of nitrogens with one attached hydrogen (secondary N) is 1. The summed E-state index contributed by atoms with van der Waals surface area (Å²) in [6.45, 7) is 12.3. The highest BCUT2D eigenvalue weighted by molar-refractivity contribution is 6.42. The summed E-state index contributed by atoms with van der Waals surface area (Å²) in [5, 5.41) is 8.42. The van der Waals surface area contributed by atoms with E-state index in [-0.39, 0.29) is 29.7 Å². The monoisotopic (exact) mass is 452 g/mol. The van der Waals surface area contributed by atoms with Gasteiger partial charge in [0.15, 0.2) is 0 Å². The SMILES string of the molecule is CCCN(CC(=O)Nc1cc(C(C)(C)C)nn1-c1ccc(Cl)c(Cl)c1)C(=O)C(C)C. The first-order valence-electron chi connectivity index (χ1n) is 10.1. The van der Waals surface area contributed by atoms with Gasteiger partial charge >= 0.3 is 0 Å². The molecule has 0 atom stereocenters. The van der Waals surface area contributed by atoms with Crippen LogP contribution in [0.2, 0.25) is 10.0 Å². The molecule has 6 nitrogen and oxygen atoms in total. The van der Waals surface area contributed by atoms with Crippen molar-refractivity contribution in [1.29, 1.82) is 0 Å². The molecule has 0 spiro atoms. The van der Waals surface area contributed by atoms with E-state index in [0.717, 1.165) is 12.1 Å². The average molecular weight is 453 g/mol. The lowest BCUT2D eigenvalue weighted by Crippen LogP contribution is -2.40. The maximum atomic E-state index is 12.8. The van der Waals surface area contributed by atoms with E-state index < -0.39 is 0 Å². The number of aromatic nitrogens is 2. The molecule has 0 aliphatic heterocycles. The molecule has 0 bridgehead atoms. The maximum Gasteiger partial charge on any atom is 0.245 e.